The second-order valence-corrected chi connectivity index (χ2v) is 5.31. The lowest BCUT2D eigenvalue weighted by molar-refractivity contribution is 0.0636. The smallest absolute Gasteiger partial charge is 0.412 e. The number of amides is 1. The second-order valence-electron chi connectivity index (χ2n) is 4.23. The van der Waals surface area contributed by atoms with Gasteiger partial charge in [0.1, 0.15) is 11.4 Å². The van der Waals surface area contributed by atoms with Gasteiger partial charge in [0.25, 0.3) is 0 Å². The van der Waals surface area contributed by atoms with Crippen molar-refractivity contribution < 1.29 is 13.9 Å². The molecule has 0 aliphatic carbocycles. The lowest BCUT2D eigenvalue weighted by Gasteiger charge is -2.20. The molecule has 0 atom stereocenters. The van der Waals surface area contributed by atoms with E-state index in [4.69, 9.17) is 4.74 Å². The van der Waals surface area contributed by atoms with Crippen molar-refractivity contribution in [3.8, 4) is 0 Å². The maximum absolute atomic E-state index is 13.2. The quantitative estimate of drug-likeness (QED) is 0.792. The van der Waals surface area contributed by atoms with Gasteiger partial charge >= 0.3 is 6.09 Å². The topological polar surface area (TPSA) is 38.3 Å². The number of hydrogen-bond donors (Lipinski definition) is 1. The van der Waals surface area contributed by atoms with Gasteiger partial charge in [-0.25, -0.2) is 9.18 Å². The molecule has 0 spiro atoms. The highest BCUT2D eigenvalue weighted by molar-refractivity contribution is 14.1. The molecule has 0 radical (unpaired) electrons. The molecule has 1 amide bonds. The summed E-state index contributed by atoms with van der Waals surface area (Å²) in [4.78, 5) is 11.4. The monoisotopic (exact) mass is 337 g/mol. The normalized spacial score (nSPS) is 11.1. The molecule has 0 fully saturated rings. The van der Waals surface area contributed by atoms with Gasteiger partial charge in [-0.05, 0) is 55.5 Å². The van der Waals surface area contributed by atoms with E-state index in [1.165, 1.54) is 12.1 Å². The van der Waals surface area contributed by atoms with Crippen LogP contribution in [0.2, 0.25) is 0 Å². The van der Waals surface area contributed by atoms with E-state index in [1.54, 1.807) is 26.8 Å². The number of hydrogen-bond acceptors (Lipinski definition) is 2. The zero-order valence-electron chi connectivity index (χ0n) is 9.30. The molecule has 0 aliphatic heterocycles. The second kappa shape index (κ2) is 4.99. The van der Waals surface area contributed by atoms with E-state index in [2.05, 4.69) is 5.32 Å². The Morgan fingerprint density at radius 3 is 2.62 bits per heavy atom. The highest BCUT2D eigenvalue weighted by atomic mass is 127. The first-order valence-electron chi connectivity index (χ1n) is 4.73. The van der Waals surface area contributed by atoms with Crippen LogP contribution >= 0.6 is 22.6 Å². The van der Waals surface area contributed by atoms with Gasteiger partial charge in [0.2, 0.25) is 0 Å². The molecule has 0 saturated carbocycles. The van der Waals surface area contributed by atoms with Crippen LogP contribution in [0.4, 0.5) is 14.9 Å². The van der Waals surface area contributed by atoms with Crippen molar-refractivity contribution in [1.82, 2.24) is 0 Å². The molecule has 0 aromatic heterocycles. The molecule has 1 rings (SSSR count). The Labute approximate surface area is 108 Å². The summed E-state index contributed by atoms with van der Waals surface area (Å²) in [5.74, 6) is -0.367. The van der Waals surface area contributed by atoms with E-state index in [1.807, 2.05) is 22.6 Å². The molecule has 0 saturated heterocycles. The summed E-state index contributed by atoms with van der Waals surface area (Å²) >= 11 is 1.83. The van der Waals surface area contributed by atoms with E-state index >= 15 is 0 Å². The Morgan fingerprint density at radius 1 is 1.44 bits per heavy atom. The minimum atomic E-state index is -0.587. The van der Waals surface area contributed by atoms with Gasteiger partial charge in [-0.15, -0.1) is 0 Å². The Bertz CT molecular complexity index is 401. The molecule has 1 aromatic carbocycles. The van der Waals surface area contributed by atoms with Gasteiger partial charge in [-0.3, -0.25) is 5.32 Å². The molecule has 0 bridgehead atoms. The molecular weight excluding hydrogens is 324 g/mol. The number of benzene rings is 1. The molecule has 5 heteroatoms. The van der Waals surface area contributed by atoms with Crippen LogP contribution in [-0.2, 0) is 4.74 Å². The first-order chi connectivity index (χ1) is 7.29. The molecule has 1 aromatic rings. The summed E-state index contributed by atoms with van der Waals surface area (Å²) in [6, 6.07) is 4.49. The standard InChI is InChI=1S/C11H13FINO2/c1-11(2,3)16-10(15)14-8-6-4-5-7(12)9(8)13/h4-6H,1-3H3,(H,14,15). The maximum atomic E-state index is 13.2. The van der Waals surface area contributed by atoms with Crippen molar-refractivity contribution in [3.05, 3.63) is 27.6 Å². The molecule has 88 valence electrons. The summed E-state index contributed by atoms with van der Waals surface area (Å²) in [5.41, 5.74) is -0.155. The first kappa shape index (κ1) is 13.2. The number of nitrogens with one attached hydrogen (secondary N) is 1. The van der Waals surface area contributed by atoms with Crippen molar-refractivity contribution >= 4 is 34.4 Å². The van der Waals surface area contributed by atoms with E-state index in [0.29, 0.717) is 9.26 Å². The van der Waals surface area contributed by atoms with Crippen molar-refractivity contribution in [2.75, 3.05) is 5.32 Å². The zero-order valence-corrected chi connectivity index (χ0v) is 11.5. The third kappa shape index (κ3) is 3.96. The molecule has 0 aliphatic rings. The van der Waals surface area contributed by atoms with Gasteiger partial charge in [-0.1, -0.05) is 6.07 Å². The summed E-state index contributed by atoms with van der Waals surface area (Å²) in [6.45, 7) is 5.30. The van der Waals surface area contributed by atoms with E-state index in [-0.39, 0.29) is 5.82 Å². The fraction of sp³-hybridized carbons (Fsp3) is 0.364. The van der Waals surface area contributed by atoms with Gasteiger partial charge in [-0.2, -0.15) is 0 Å². The minimum absolute atomic E-state index is 0.367. The summed E-state index contributed by atoms with van der Waals surface area (Å²) in [7, 11) is 0. The van der Waals surface area contributed by atoms with Crippen LogP contribution in [0.3, 0.4) is 0 Å². The predicted molar refractivity (Wildman–Crippen MR) is 69.0 cm³/mol. The number of anilines is 1. The van der Waals surface area contributed by atoms with Crippen LogP contribution in [0.5, 0.6) is 0 Å². The summed E-state index contributed by atoms with van der Waals surface area (Å²) < 4.78 is 18.6. The summed E-state index contributed by atoms with van der Waals surface area (Å²) in [5, 5.41) is 2.50. The van der Waals surface area contributed by atoms with Crippen molar-refractivity contribution in [2.45, 2.75) is 26.4 Å². The highest BCUT2D eigenvalue weighted by Crippen LogP contribution is 2.21. The van der Waals surface area contributed by atoms with Gasteiger partial charge < -0.3 is 4.74 Å². The molecule has 0 heterocycles. The van der Waals surface area contributed by atoms with E-state index in [0.717, 1.165) is 0 Å². The average Bonchev–Trinajstić information content (AvgIpc) is 2.09. The maximum Gasteiger partial charge on any atom is 0.412 e. The van der Waals surface area contributed by atoms with Crippen molar-refractivity contribution in [3.63, 3.8) is 0 Å². The Morgan fingerprint density at radius 2 is 2.06 bits per heavy atom. The zero-order chi connectivity index (χ0) is 12.3. The van der Waals surface area contributed by atoms with Crippen LogP contribution in [0, 0.1) is 9.39 Å². The third-order valence-corrected chi connectivity index (χ3v) is 2.68. The summed E-state index contributed by atoms with van der Waals surface area (Å²) in [6.07, 6.45) is -0.587. The number of rotatable bonds is 1. The van der Waals surface area contributed by atoms with E-state index in [9.17, 15) is 9.18 Å². The van der Waals surface area contributed by atoms with Crippen molar-refractivity contribution in [2.24, 2.45) is 0 Å². The predicted octanol–water partition coefficient (Wildman–Crippen LogP) is 3.78. The number of ether oxygens (including phenoxy) is 1. The van der Waals surface area contributed by atoms with Crippen molar-refractivity contribution in [1.29, 1.82) is 0 Å². The number of halogens is 2. The number of carbonyl (C=O) groups excluding carboxylic acids is 1. The van der Waals surface area contributed by atoms with Crippen LogP contribution in [0.25, 0.3) is 0 Å². The largest absolute Gasteiger partial charge is 0.444 e. The van der Waals surface area contributed by atoms with Crippen LogP contribution in [-0.4, -0.2) is 11.7 Å². The lowest BCUT2D eigenvalue weighted by Crippen LogP contribution is -2.27. The molecule has 3 nitrogen and oxygen atoms in total. The van der Waals surface area contributed by atoms with E-state index < -0.39 is 11.7 Å². The van der Waals surface area contributed by atoms with Crippen LogP contribution < -0.4 is 5.32 Å². The Hall–Kier alpha value is -0.850. The minimum Gasteiger partial charge on any atom is -0.444 e. The lowest BCUT2D eigenvalue weighted by atomic mass is 10.2. The third-order valence-electron chi connectivity index (χ3n) is 1.59. The molecular formula is C11H13FINO2. The average molecular weight is 337 g/mol. The SMILES string of the molecule is CC(C)(C)OC(=O)Nc1cccc(F)c1I. The van der Waals surface area contributed by atoms with Gasteiger partial charge in [0.15, 0.2) is 0 Å². The number of carbonyl (C=O) groups is 1. The van der Waals surface area contributed by atoms with Crippen LogP contribution in [0.15, 0.2) is 18.2 Å². The Kier molecular flexibility index (Phi) is 4.12. The Balaban J connectivity index is 2.74. The fourth-order valence-electron chi connectivity index (χ4n) is 1.01. The van der Waals surface area contributed by atoms with Gasteiger partial charge in [0.05, 0.1) is 9.26 Å². The van der Waals surface area contributed by atoms with Crippen LogP contribution in [0.1, 0.15) is 20.8 Å². The first-order valence-corrected chi connectivity index (χ1v) is 5.81. The molecule has 1 N–H and O–H groups in total. The molecule has 0 unspecified atom stereocenters. The molecule has 16 heavy (non-hydrogen) atoms. The van der Waals surface area contributed by atoms with Gasteiger partial charge in [0, 0.05) is 0 Å². The fourth-order valence-corrected chi connectivity index (χ4v) is 1.51. The highest BCUT2D eigenvalue weighted by Gasteiger charge is 2.17.